The summed E-state index contributed by atoms with van der Waals surface area (Å²) < 4.78 is 25.2. The quantitative estimate of drug-likeness (QED) is 0.530. The fraction of sp³-hybridized carbons (Fsp3) is 0.654. The molecule has 0 radical (unpaired) electrons. The smallest absolute Gasteiger partial charge is 0.310 e. The van der Waals surface area contributed by atoms with Crippen molar-refractivity contribution in [2.24, 2.45) is 23.2 Å². The van der Waals surface area contributed by atoms with E-state index in [1.165, 1.54) is 37.0 Å². The Morgan fingerprint density at radius 3 is 2.74 bits per heavy atom. The Labute approximate surface area is 183 Å². The fourth-order valence-electron chi connectivity index (χ4n) is 7.25. The van der Waals surface area contributed by atoms with Crippen LogP contribution in [-0.2, 0) is 14.3 Å². The Balaban J connectivity index is 1.15. The topological polar surface area (TPSA) is 42.1 Å². The summed E-state index contributed by atoms with van der Waals surface area (Å²) in [6.07, 6.45) is 8.98. The Kier molecular flexibility index (Phi) is 4.59. The van der Waals surface area contributed by atoms with Crippen LogP contribution in [0, 0.1) is 29.0 Å². The SMILES string of the molecule is C[C@]12CCCC3(CO3)[C@@H]1C[C@@H]1C(CN3CC=C(c4ccc(F)cc4)CC3)C(=O)O[C@@H]1C2. The Morgan fingerprint density at radius 2 is 2.03 bits per heavy atom. The molecule has 4 nitrogen and oxygen atoms in total. The number of carbonyl (C=O) groups excluding carboxylic acids is 1. The lowest BCUT2D eigenvalue weighted by Crippen LogP contribution is -2.51. The predicted molar refractivity (Wildman–Crippen MR) is 116 cm³/mol. The summed E-state index contributed by atoms with van der Waals surface area (Å²) in [6.45, 7) is 5.86. The molecule has 2 unspecified atom stereocenters. The number of benzene rings is 1. The second-order valence-corrected chi connectivity index (χ2v) is 10.8. The van der Waals surface area contributed by atoms with Crippen molar-refractivity contribution in [2.45, 2.75) is 57.2 Å². The maximum Gasteiger partial charge on any atom is 0.310 e. The number of hydrogen-bond acceptors (Lipinski definition) is 4. The van der Waals surface area contributed by atoms with Crippen molar-refractivity contribution in [3.05, 3.63) is 41.7 Å². The number of halogens is 1. The zero-order valence-electron chi connectivity index (χ0n) is 18.3. The molecule has 1 aromatic carbocycles. The molecule has 2 aliphatic carbocycles. The maximum absolute atomic E-state index is 13.2. The molecule has 3 aliphatic heterocycles. The molecule has 166 valence electrons. The molecule has 1 spiro atoms. The molecule has 0 amide bonds. The van der Waals surface area contributed by atoms with Crippen LogP contribution in [0.15, 0.2) is 30.3 Å². The first kappa shape index (κ1) is 19.9. The minimum Gasteiger partial charge on any atom is -0.462 e. The first-order valence-corrected chi connectivity index (χ1v) is 12.0. The molecule has 3 heterocycles. The van der Waals surface area contributed by atoms with Gasteiger partial charge in [-0.15, -0.1) is 0 Å². The number of carbonyl (C=O) groups is 1. The van der Waals surface area contributed by atoms with Gasteiger partial charge in [0, 0.05) is 25.6 Å². The van der Waals surface area contributed by atoms with Gasteiger partial charge in [0.2, 0.25) is 0 Å². The molecule has 4 fully saturated rings. The van der Waals surface area contributed by atoms with Crippen LogP contribution in [0.5, 0.6) is 0 Å². The second kappa shape index (κ2) is 7.14. The van der Waals surface area contributed by atoms with E-state index in [-0.39, 0.29) is 34.8 Å². The lowest BCUT2D eigenvalue weighted by molar-refractivity contribution is -0.147. The van der Waals surface area contributed by atoms with Crippen molar-refractivity contribution in [3.63, 3.8) is 0 Å². The molecule has 0 aromatic heterocycles. The molecule has 6 rings (SSSR count). The summed E-state index contributed by atoms with van der Waals surface area (Å²) >= 11 is 0. The normalized spacial score (nSPS) is 42.0. The van der Waals surface area contributed by atoms with E-state index in [2.05, 4.69) is 17.9 Å². The van der Waals surface area contributed by atoms with E-state index in [9.17, 15) is 9.18 Å². The second-order valence-electron chi connectivity index (χ2n) is 10.8. The molecule has 2 saturated heterocycles. The molecule has 5 aliphatic rings. The van der Waals surface area contributed by atoms with E-state index in [0.29, 0.717) is 11.8 Å². The van der Waals surface area contributed by atoms with Crippen molar-refractivity contribution in [1.82, 2.24) is 4.90 Å². The predicted octanol–water partition coefficient (Wildman–Crippen LogP) is 4.44. The fourth-order valence-corrected chi connectivity index (χ4v) is 7.25. The Hall–Kier alpha value is -1.72. The Morgan fingerprint density at radius 1 is 1.23 bits per heavy atom. The van der Waals surface area contributed by atoms with Gasteiger partial charge in [-0.25, -0.2) is 4.39 Å². The van der Waals surface area contributed by atoms with Crippen LogP contribution < -0.4 is 0 Å². The van der Waals surface area contributed by atoms with Crippen molar-refractivity contribution in [2.75, 3.05) is 26.2 Å². The molecular formula is C26H32FNO3. The van der Waals surface area contributed by atoms with Gasteiger partial charge >= 0.3 is 5.97 Å². The van der Waals surface area contributed by atoms with Crippen LogP contribution in [0.1, 0.15) is 51.0 Å². The lowest BCUT2D eigenvalue weighted by atomic mass is 9.53. The molecule has 0 bridgehead atoms. The molecule has 31 heavy (non-hydrogen) atoms. The number of esters is 1. The summed E-state index contributed by atoms with van der Waals surface area (Å²) in [5.41, 5.74) is 2.72. The van der Waals surface area contributed by atoms with Crippen molar-refractivity contribution < 1.29 is 18.7 Å². The average molecular weight is 426 g/mol. The molecule has 1 aromatic rings. The monoisotopic (exact) mass is 425 g/mol. The van der Waals surface area contributed by atoms with E-state index in [1.807, 2.05) is 12.1 Å². The minimum atomic E-state index is -0.198. The van der Waals surface area contributed by atoms with Gasteiger partial charge in [0.1, 0.15) is 11.9 Å². The minimum absolute atomic E-state index is 0.0105. The van der Waals surface area contributed by atoms with Crippen LogP contribution in [0.4, 0.5) is 4.39 Å². The van der Waals surface area contributed by atoms with Gasteiger partial charge in [-0.1, -0.05) is 25.1 Å². The number of rotatable bonds is 3. The first-order chi connectivity index (χ1) is 15.0. The highest BCUT2D eigenvalue weighted by molar-refractivity contribution is 5.76. The summed E-state index contributed by atoms with van der Waals surface area (Å²) in [5, 5.41) is 0. The number of nitrogens with zero attached hydrogens (tertiary/aromatic N) is 1. The van der Waals surface area contributed by atoms with Gasteiger partial charge in [-0.3, -0.25) is 9.69 Å². The van der Waals surface area contributed by atoms with Crippen molar-refractivity contribution in [3.8, 4) is 0 Å². The standard InChI is InChI=1S/C26H32FNO3/c1-25-9-2-10-26(16-30-26)23(25)13-20-21(24(29)31-22(20)14-25)15-28-11-7-18(8-12-28)17-3-5-19(27)6-4-17/h3-7,20-23H,2,8-16H2,1H3/t20-,21?,22-,23-,25-,26?/m1/s1. The highest BCUT2D eigenvalue weighted by Crippen LogP contribution is 2.62. The van der Waals surface area contributed by atoms with E-state index in [1.54, 1.807) is 0 Å². The van der Waals surface area contributed by atoms with Gasteiger partial charge in [-0.2, -0.15) is 0 Å². The average Bonchev–Trinajstić information content (AvgIpc) is 3.46. The van der Waals surface area contributed by atoms with Crippen LogP contribution in [0.25, 0.3) is 5.57 Å². The van der Waals surface area contributed by atoms with Crippen LogP contribution in [0.2, 0.25) is 0 Å². The zero-order valence-corrected chi connectivity index (χ0v) is 18.3. The highest BCUT2D eigenvalue weighted by Gasteiger charge is 2.65. The molecule has 0 N–H and O–H groups in total. The number of hydrogen-bond donors (Lipinski definition) is 0. The van der Waals surface area contributed by atoms with Crippen molar-refractivity contribution in [1.29, 1.82) is 0 Å². The highest BCUT2D eigenvalue weighted by atomic mass is 19.1. The Bertz CT molecular complexity index is 908. The van der Waals surface area contributed by atoms with E-state index >= 15 is 0 Å². The van der Waals surface area contributed by atoms with Crippen LogP contribution >= 0.6 is 0 Å². The van der Waals surface area contributed by atoms with Gasteiger partial charge in [0.25, 0.3) is 0 Å². The largest absolute Gasteiger partial charge is 0.462 e. The maximum atomic E-state index is 13.2. The number of fused-ring (bicyclic) bond motifs is 3. The number of epoxide rings is 1. The van der Waals surface area contributed by atoms with E-state index in [0.717, 1.165) is 51.1 Å². The first-order valence-electron chi connectivity index (χ1n) is 12.0. The molecular weight excluding hydrogens is 393 g/mol. The third-order valence-electron chi connectivity index (χ3n) is 9.04. The van der Waals surface area contributed by atoms with Gasteiger partial charge < -0.3 is 9.47 Å². The van der Waals surface area contributed by atoms with Crippen molar-refractivity contribution >= 4 is 11.5 Å². The van der Waals surface area contributed by atoms with Crippen LogP contribution in [0.3, 0.4) is 0 Å². The van der Waals surface area contributed by atoms with E-state index < -0.39 is 0 Å². The molecule has 2 saturated carbocycles. The third-order valence-corrected chi connectivity index (χ3v) is 9.04. The van der Waals surface area contributed by atoms with E-state index in [4.69, 9.17) is 9.47 Å². The van der Waals surface area contributed by atoms with Gasteiger partial charge in [-0.05, 0) is 73.1 Å². The number of ether oxygens (including phenoxy) is 2. The summed E-state index contributed by atoms with van der Waals surface area (Å²) in [4.78, 5) is 15.3. The third kappa shape index (κ3) is 3.36. The van der Waals surface area contributed by atoms with Gasteiger partial charge in [0.15, 0.2) is 0 Å². The summed E-state index contributed by atoms with van der Waals surface area (Å²) in [6, 6.07) is 6.76. The lowest BCUT2D eigenvalue weighted by Gasteiger charge is -2.51. The molecule has 6 atom stereocenters. The van der Waals surface area contributed by atoms with Crippen LogP contribution in [-0.4, -0.2) is 48.8 Å². The summed E-state index contributed by atoms with van der Waals surface area (Å²) in [5.74, 6) is 0.686. The summed E-state index contributed by atoms with van der Waals surface area (Å²) in [7, 11) is 0. The molecule has 5 heteroatoms. The zero-order chi connectivity index (χ0) is 21.2. The van der Waals surface area contributed by atoms with Gasteiger partial charge in [0.05, 0.1) is 18.1 Å².